The second-order valence-electron chi connectivity index (χ2n) is 12.6. The van der Waals surface area contributed by atoms with Crippen LogP contribution in [0.3, 0.4) is 0 Å². The fourth-order valence-corrected chi connectivity index (χ4v) is 9.05. The molecule has 1 aliphatic rings. The quantitative estimate of drug-likeness (QED) is 0.0998. The summed E-state index contributed by atoms with van der Waals surface area (Å²) in [6.45, 7) is 9.12. The van der Waals surface area contributed by atoms with Gasteiger partial charge in [-0.05, 0) is 71.8 Å². The van der Waals surface area contributed by atoms with Gasteiger partial charge in [-0.3, -0.25) is 0 Å². The molecule has 7 heteroatoms. The Kier molecular flexibility index (Phi) is 7.92. The summed E-state index contributed by atoms with van der Waals surface area (Å²) in [6.07, 6.45) is 1.93. The Labute approximate surface area is 291 Å². The maximum Gasteiger partial charge on any atom is 0.145 e. The molecule has 0 spiro atoms. The Morgan fingerprint density at radius 2 is 1.40 bits per heavy atom. The van der Waals surface area contributed by atoms with E-state index in [1.165, 1.54) is 43.4 Å². The van der Waals surface area contributed by atoms with Crippen molar-refractivity contribution in [1.29, 1.82) is 0 Å². The van der Waals surface area contributed by atoms with E-state index in [0.29, 0.717) is 0 Å². The zero-order valence-corrected chi connectivity index (χ0v) is 30.3. The molecule has 8 rings (SSSR count). The second-order valence-corrected chi connectivity index (χ2v) is 17.0. The Bertz CT molecular complexity index is 2270. The number of fused-ring (bicyclic) bond motifs is 4. The van der Waals surface area contributed by atoms with Crippen molar-refractivity contribution in [2.24, 2.45) is 0 Å². The monoisotopic (exact) mass is 810 g/mol. The van der Waals surface area contributed by atoms with Crippen molar-refractivity contribution in [2.75, 3.05) is 17.2 Å². The molecule has 2 aromatic heterocycles. The fourth-order valence-electron chi connectivity index (χ4n) is 6.88. The minimum absolute atomic E-state index is 0. The number of hydrogen-bond donors (Lipinski definition) is 0. The van der Waals surface area contributed by atoms with Gasteiger partial charge in [0.2, 0.25) is 0 Å². The smallest absolute Gasteiger partial charge is 0.145 e. The van der Waals surface area contributed by atoms with Gasteiger partial charge in [-0.15, -0.1) is 21.6 Å². The van der Waals surface area contributed by atoms with Crippen LogP contribution in [0.2, 0.25) is 13.1 Å². The number of benzene rings is 5. The summed E-state index contributed by atoms with van der Waals surface area (Å²) in [6, 6.07) is 46.4. The molecular weight excluding hydrogens is 776 g/mol. The van der Waals surface area contributed by atoms with Gasteiger partial charge in [0.15, 0.2) is 0 Å². The molecule has 0 radical (unpaired) electrons. The number of hydroxylamine groups is 1. The zero-order chi connectivity index (χ0) is 31.6. The van der Waals surface area contributed by atoms with E-state index in [9.17, 15) is 0 Å². The minimum Gasteiger partial charge on any atom is -0.319 e. The van der Waals surface area contributed by atoms with Gasteiger partial charge in [-0.25, -0.2) is 4.98 Å². The third kappa shape index (κ3) is 5.12. The van der Waals surface area contributed by atoms with Crippen LogP contribution in [0.4, 0.5) is 17.1 Å². The number of para-hydroxylation sites is 3. The molecule has 7 aromatic rings. The Balaban J connectivity index is 0.00000351. The number of aryl methyl sites for hydroxylation is 2. The average molecular weight is 811 g/mol. The Morgan fingerprint density at radius 1 is 0.702 bits per heavy atom. The summed E-state index contributed by atoms with van der Waals surface area (Å²) in [5.41, 5.74) is 10.2. The molecule has 0 fully saturated rings. The van der Waals surface area contributed by atoms with Gasteiger partial charge in [0.25, 0.3) is 0 Å². The van der Waals surface area contributed by atoms with Crippen LogP contribution in [0.15, 0.2) is 115 Å². The van der Waals surface area contributed by atoms with E-state index in [0.717, 1.165) is 33.9 Å². The molecule has 0 amide bonds. The van der Waals surface area contributed by atoms with Crippen LogP contribution in [0.1, 0.15) is 11.1 Å². The first-order valence-corrected chi connectivity index (χ1v) is 18.7. The van der Waals surface area contributed by atoms with Gasteiger partial charge in [0, 0.05) is 38.5 Å². The van der Waals surface area contributed by atoms with Crippen molar-refractivity contribution in [1.82, 2.24) is 9.55 Å². The van der Waals surface area contributed by atoms with Crippen molar-refractivity contribution in [3.63, 3.8) is 0 Å². The number of hydrogen-bond acceptors (Lipinski definition) is 3. The number of aromatic nitrogens is 2. The standard InChI is InChI=1S/C40H34N4OSi.Pt/c1-27-12-10-13-28(2)40(27)29-22-23-41-39(24-29)43-35-17-7-6-16-33(35)34-21-20-32(26-38(34)43)46(4,5)31-15-11-14-30(25-31)44-37-19-9-8-18-36(37)42(3)45-44;/h6-24H,1-5H3;/q-2;/p+1. The molecule has 5 nitrogen and oxygen atoms in total. The molecule has 1 N–H and O–H groups in total. The van der Waals surface area contributed by atoms with Crippen LogP contribution >= 0.6 is 0 Å². The van der Waals surface area contributed by atoms with E-state index in [1.807, 2.05) is 29.4 Å². The van der Waals surface area contributed by atoms with Crippen LogP contribution in [0.5, 0.6) is 0 Å². The molecular formula is C40H35N4OPtSi-. The number of pyridine rings is 1. The molecule has 0 atom stereocenters. The molecule has 236 valence electrons. The molecule has 0 unspecified atom stereocenters. The maximum absolute atomic E-state index is 4.93. The second kappa shape index (κ2) is 12.0. The summed E-state index contributed by atoms with van der Waals surface area (Å²) in [7, 11) is -0.258. The van der Waals surface area contributed by atoms with Crippen molar-refractivity contribution in [3.8, 4) is 16.9 Å². The first-order chi connectivity index (χ1) is 22.3. The predicted molar refractivity (Wildman–Crippen MR) is 193 cm³/mol. The summed E-state index contributed by atoms with van der Waals surface area (Å²) in [5.74, 6) is 0.895. The summed E-state index contributed by atoms with van der Waals surface area (Å²) in [4.78, 5) is 9.73. The third-order valence-electron chi connectivity index (χ3n) is 9.36. The molecule has 1 aliphatic heterocycles. The number of anilines is 3. The van der Waals surface area contributed by atoms with Crippen LogP contribution in [-0.2, 0) is 21.1 Å². The summed E-state index contributed by atoms with van der Waals surface area (Å²) >= 11 is 0. The molecule has 0 saturated heterocycles. The summed E-state index contributed by atoms with van der Waals surface area (Å²) in [5, 5.41) is 8.72. The molecule has 0 bridgehead atoms. The van der Waals surface area contributed by atoms with Crippen LogP contribution in [0, 0.1) is 26.0 Å². The molecule has 3 heterocycles. The molecule has 0 saturated carbocycles. The van der Waals surface area contributed by atoms with Crippen molar-refractivity contribution >= 4 is 57.3 Å². The van der Waals surface area contributed by atoms with Crippen molar-refractivity contribution < 1.29 is 26.0 Å². The fraction of sp³-hybridized carbons (Fsp3) is 0.125. The van der Waals surface area contributed by atoms with Gasteiger partial charge in [-0.2, -0.15) is 51.7 Å². The predicted octanol–water partition coefficient (Wildman–Crippen LogP) is 8.31. The molecule has 5 aromatic carbocycles. The largest absolute Gasteiger partial charge is 0.319 e. The van der Waals surface area contributed by atoms with E-state index >= 15 is 0 Å². The van der Waals surface area contributed by atoms with Crippen molar-refractivity contribution in [2.45, 2.75) is 26.9 Å². The van der Waals surface area contributed by atoms with Crippen LogP contribution < -0.4 is 20.5 Å². The Morgan fingerprint density at radius 3 is 2.21 bits per heavy atom. The maximum atomic E-state index is 4.93. The first-order valence-electron chi connectivity index (χ1n) is 15.7. The number of rotatable bonds is 5. The average Bonchev–Trinajstić information content (AvgIpc) is 3.59. The minimum atomic E-state index is -2.24. The molecule has 0 aliphatic carbocycles. The van der Waals surface area contributed by atoms with E-state index in [1.54, 1.807) is 0 Å². The summed E-state index contributed by atoms with van der Waals surface area (Å²) < 4.78 is 2.28. The SMILES string of the molecule is Cc1cccc(C)c1-c1ccnc(-n2c3[c-]c([Si](C)(C)c4[c-]c(N5[OH+]N(C)c6ccccc65)ccc4)ccc3c3ccccc32)c1.[Pt]. The van der Waals surface area contributed by atoms with E-state index in [-0.39, 0.29) is 21.1 Å². The van der Waals surface area contributed by atoms with Crippen molar-refractivity contribution in [3.05, 3.63) is 139 Å². The Hall–Kier alpha value is -4.48. The van der Waals surface area contributed by atoms with E-state index in [2.05, 4.69) is 147 Å². The first kappa shape index (κ1) is 31.1. The normalized spacial score (nSPS) is 12.9. The zero-order valence-electron chi connectivity index (χ0n) is 27.0. The van der Waals surface area contributed by atoms with Crippen LogP contribution in [0.25, 0.3) is 38.8 Å². The van der Waals surface area contributed by atoms with Crippen LogP contribution in [-0.4, -0.2) is 29.6 Å². The van der Waals surface area contributed by atoms with E-state index < -0.39 is 8.07 Å². The van der Waals surface area contributed by atoms with Gasteiger partial charge in [-0.1, -0.05) is 67.1 Å². The van der Waals surface area contributed by atoms with Gasteiger partial charge in [0.05, 0.1) is 15.1 Å². The number of nitrogens with zero attached hydrogens (tertiary/aromatic N) is 4. The van der Waals surface area contributed by atoms with Gasteiger partial charge in [0.1, 0.15) is 17.2 Å². The van der Waals surface area contributed by atoms with Gasteiger partial charge >= 0.3 is 0 Å². The van der Waals surface area contributed by atoms with Gasteiger partial charge < -0.3 is 4.57 Å². The topological polar surface area (TPSA) is 37.1 Å². The van der Waals surface area contributed by atoms with E-state index in [4.69, 9.17) is 9.92 Å². The third-order valence-corrected chi connectivity index (χ3v) is 12.6. The molecule has 47 heavy (non-hydrogen) atoms.